The van der Waals surface area contributed by atoms with E-state index >= 15 is 0 Å². The molecule has 0 bridgehead atoms. The molecule has 0 amide bonds. The normalized spacial score (nSPS) is 38.4. The van der Waals surface area contributed by atoms with Crippen molar-refractivity contribution in [2.75, 3.05) is 5.43 Å². The molecule has 0 aliphatic heterocycles. The lowest BCUT2D eigenvalue weighted by atomic mass is 9.48. The molecule has 0 unspecified atom stereocenters. The Balaban J connectivity index is 1.32. The molecule has 0 saturated heterocycles. The van der Waals surface area contributed by atoms with Gasteiger partial charge in [-0.05, 0) is 105 Å². The van der Waals surface area contributed by atoms with Gasteiger partial charge in [-0.25, -0.2) is 0 Å². The number of fused-ring (bicyclic) bond motifs is 5. The summed E-state index contributed by atoms with van der Waals surface area (Å²) in [4.78, 5) is 0. The molecule has 4 heteroatoms. The average Bonchev–Trinajstić information content (AvgIpc) is 3.14. The summed E-state index contributed by atoms with van der Waals surface area (Å²) in [7, 11) is -1.72. The lowest BCUT2D eigenvalue weighted by molar-refractivity contribution is -0.0194. The molecule has 35 heavy (non-hydrogen) atoms. The molecular weight excluding hydrogens is 444 g/mol. The number of hydrogen-bond donors (Lipinski definition) is 1. The van der Waals surface area contributed by atoms with Gasteiger partial charge in [0.05, 0.1) is 5.69 Å². The van der Waals surface area contributed by atoms with Crippen LogP contribution in [0.5, 0.6) is 0 Å². The summed E-state index contributed by atoms with van der Waals surface area (Å²) in [6, 6.07) is 10.4. The number of hydrazone groups is 1. The molecule has 4 aliphatic carbocycles. The molecule has 3 saturated carbocycles. The number of para-hydroxylation sites is 1. The summed E-state index contributed by atoms with van der Waals surface area (Å²) in [5.74, 6) is 2.41. The molecule has 1 aromatic rings. The van der Waals surface area contributed by atoms with Crippen molar-refractivity contribution in [2.24, 2.45) is 33.7 Å². The third-order valence-electron chi connectivity index (χ3n) is 11.2. The zero-order valence-electron chi connectivity index (χ0n) is 23.3. The van der Waals surface area contributed by atoms with Gasteiger partial charge >= 0.3 is 0 Å². The Kier molecular flexibility index (Phi) is 6.40. The molecule has 1 aromatic carbocycles. The standard InChI is InChI=1S/C31H48N2OSi/c1-29(2,3)35(6,7)34-24-17-19-30(4)22(21-24)13-14-25-26-15-16-28(31(26,5)20-18-27(25)30)33-32-23-11-9-8-10-12-23/h8-13,24-27,32H,14-21H2,1-7H3/b33-28+/t24-,25-,26-,27-,30-,31-/m0/s1. The smallest absolute Gasteiger partial charge is 0.192 e. The van der Waals surface area contributed by atoms with Crippen LogP contribution in [0, 0.1) is 28.6 Å². The van der Waals surface area contributed by atoms with Gasteiger partial charge in [-0.15, -0.1) is 0 Å². The van der Waals surface area contributed by atoms with Gasteiger partial charge in [0, 0.05) is 17.2 Å². The molecule has 1 N–H and O–H groups in total. The molecule has 5 rings (SSSR count). The van der Waals surface area contributed by atoms with E-state index in [2.05, 4.69) is 89.5 Å². The Morgan fingerprint density at radius 1 is 0.971 bits per heavy atom. The van der Waals surface area contributed by atoms with Crippen LogP contribution in [-0.2, 0) is 4.43 Å². The maximum Gasteiger partial charge on any atom is 0.192 e. The fraction of sp³-hybridized carbons (Fsp3) is 0.710. The van der Waals surface area contributed by atoms with Crippen molar-refractivity contribution in [1.82, 2.24) is 0 Å². The highest BCUT2D eigenvalue weighted by Gasteiger charge is 2.58. The molecule has 0 radical (unpaired) electrons. The number of benzene rings is 1. The summed E-state index contributed by atoms with van der Waals surface area (Å²) in [6.07, 6.45) is 13.2. The Labute approximate surface area is 215 Å². The number of rotatable bonds is 4. The van der Waals surface area contributed by atoms with Gasteiger partial charge in [0.2, 0.25) is 0 Å². The van der Waals surface area contributed by atoms with Crippen LogP contribution in [0.3, 0.4) is 0 Å². The van der Waals surface area contributed by atoms with Gasteiger partial charge in [0.25, 0.3) is 0 Å². The van der Waals surface area contributed by atoms with E-state index in [-0.39, 0.29) is 10.5 Å². The topological polar surface area (TPSA) is 33.6 Å². The quantitative estimate of drug-likeness (QED) is 0.259. The highest BCUT2D eigenvalue weighted by Crippen LogP contribution is 2.64. The van der Waals surface area contributed by atoms with E-state index in [0.29, 0.717) is 11.5 Å². The van der Waals surface area contributed by atoms with E-state index in [1.54, 1.807) is 5.57 Å². The first kappa shape index (κ1) is 25.3. The van der Waals surface area contributed by atoms with Crippen LogP contribution >= 0.6 is 0 Å². The molecule has 4 aliphatic rings. The van der Waals surface area contributed by atoms with Gasteiger partial charge in [-0.1, -0.05) is 64.5 Å². The van der Waals surface area contributed by atoms with E-state index in [0.717, 1.165) is 29.9 Å². The lowest BCUT2D eigenvalue weighted by Gasteiger charge is -2.57. The van der Waals surface area contributed by atoms with Gasteiger partial charge < -0.3 is 4.43 Å². The molecule has 0 spiro atoms. The summed E-state index contributed by atoms with van der Waals surface area (Å²) < 4.78 is 6.91. The zero-order chi connectivity index (χ0) is 25.1. The van der Waals surface area contributed by atoms with Crippen LogP contribution in [0.15, 0.2) is 47.1 Å². The molecule has 0 aromatic heterocycles. The molecule has 3 fully saturated rings. The van der Waals surface area contributed by atoms with Gasteiger partial charge in [0.15, 0.2) is 8.32 Å². The van der Waals surface area contributed by atoms with Crippen LogP contribution in [0.25, 0.3) is 0 Å². The summed E-state index contributed by atoms with van der Waals surface area (Å²) in [5, 5.41) is 5.27. The van der Waals surface area contributed by atoms with Crippen LogP contribution in [0.1, 0.15) is 86.0 Å². The Hall–Kier alpha value is -1.39. The highest BCUT2D eigenvalue weighted by molar-refractivity contribution is 6.74. The van der Waals surface area contributed by atoms with Crippen LogP contribution in [0.4, 0.5) is 5.69 Å². The Morgan fingerprint density at radius 2 is 1.66 bits per heavy atom. The molecule has 3 nitrogen and oxygen atoms in total. The van der Waals surface area contributed by atoms with Crippen molar-refractivity contribution in [3.8, 4) is 0 Å². The number of hydrogen-bond acceptors (Lipinski definition) is 3. The second-order valence-electron chi connectivity index (χ2n) is 14.0. The maximum absolute atomic E-state index is 6.91. The summed E-state index contributed by atoms with van der Waals surface area (Å²) >= 11 is 0. The molecule has 6 atom stereocenters. The minimum atomic E-state index is -1.72. The molecular formula is C31H48N2OSi. The summed E-state index contributed by atoms with van der Waals surface area (Å²) in [5.41, 5.74) is 8.24. The van der Waals surface area contributed by atoms with Crippen LogP contribution in [0.2, 0.25) is 18.1 Å². The monoisotopic (exact) mass is 492 g/mol. The average molecular weight is 493 g/mol. The first-order valence-electron chi connectivity index (χ1n) is 14.2. The fourth-order valence-electron chi connectivity index (χ4n) is 7.94. The van der Waals surface area contributed by atoms with E-state index < -0.39 is 8.32 Å². The van der Waals surface area contributed by atoms with Crippen LogP contribution < -0.4 is 5.43 Å². The van der Waals surface area contributed by atoms with Crippen molar-refractivity contribution >= 4 is 19.7 Å². The maximum atomic E-state index is 6.91. The second kappa shape index (κ2) is 8.87. The SMILES string of the molecule is CC(C)(C)[Si](C)(C)O[C@H]1CC[C@@]2(C)C(=CC[C@@H]3[C@@H]2CC[C@]2(C)/C(=N/Nc4ccccc4)CC[C@@H]32)C1. The highest BCUT2D eigenvalue weighted by atomic mass is 28.4. The van der Waals surface area contributed by atoms with Crippen molar-refractivity contribution in [1.29, 1.82) is 0 Å². The lowest BCUT2D eigenvalue weighted by Crippen LogP contribution is -2.52. The third-order valence-corrected chi connectivity index (χ3v) is 15.7. The molecule has 192 valence electrons. The van der Waals surface area contributed by atoms with Crippen molar-refractivity contribution in [2.45, 2.75) is 110 Å². The van der Waals surface area contributed by atoms with Gasteiger partial charge in [-0.2, -0.15) is 5.10 Å². The Morgan fingerprint density at radius 3 is 2.37 bits per heavy atom. The van der Waals surface area contributed by atoms with Crippen molar-refractivity contribution in [3.63, 3.8) is 0 Å². The zero-order valence-corrected chi connectivity index (χ0v) is 24.3. The largest absolute Gasteiger partial charge is 0.414 e. The second-order valence-corrected chi connectivity index (χ2v) is 18.8. The van der Waals surface area contributed by atoms with E-state index in [4.69, 9.17) is 9.53 Å². The fourth-order valence-corrected chi connectivity index (χ4v) is 9.33. The number of nitrogens with one attached hydrogen (secondary N) is 1. The minimum absolute atomic E-state index is 0.257. The number of nitrogens with zero attached hydrogens (tertiary/aromatic N) is 1. The third kappa shape index (κ3) is 4.37. The number of allylic oxidation sites excluding steroid dienone is 1. The predicted molar refractivity (Wildman–Crippen MR) is 151 cm³/mol. The first-order valence-corrected chi connectivity index (χ1v) is 17.1. The van der Waals surface area contributed by atoms with Crippen LogP contribution in [-0.4, -0.2) is 20.1 Å². The van der Waals surface area contributed by atoms with E-state index in [1.807, 2.05) is 0 Å². The number of anilines is 1. The van der Waals surface area contributed by atoms with Gasteiger partial charge in [0.1, 0.15) is 0 Å². The van der Waals surface area contributed by atoms with Crippen molar-refractivity contribution in [3.05, 3.63) is 42.0 Å². The van der Waals surface area contributed by atoms with Crippen molar-refractivity contribution < 1.29 is 4.43 Å². The van der Waals surface area contributed by atoms with Gasteiger partial charge in [-0.3, -0.25) is 5.43 Å². The summed E-state index contributed by atoms with van der Waals surface area (Å²) in [6.45, 7) is 17.1. The predicted octanol–water partition coefficient (Wildman–Crippen LogP) is 8.81. The van der Waals surface area contributed by atoms with E-state index in [9.17, 15) is 0 Å². The van der Waals surface area contributed by atoms with E-state index in [1.165, 1.54) is 50.7 Å². The Bertz CT molecular complexity index is 993. The molecule has 0 heterocycles. The first-order chi connectivity index (χ1) is 16.4. The minimum Gasteiger partial charge on any atom is -0.414 e.